The molecular weight excluding hydrogens is 230 g/mol. The maximum absolute atomic E-state index is 12.2. The summed E-state index contributed by atoms with van der Waals surface area (Å²) < 4.78 is 0. The van der Waals surface area contributed by atoms with Crippen molar-refractivity contribution in [1.29, 1.82) is 0 Å². The average molecular weight is 251 g/mol. The van der Waals surface area contributed by atoms with Gasteiger partial charge in [-0.25, -0.2) is 4.98 Å². The molecule has 0 radical (unpaired) electrons. The molecule has 1 aromatic heterocycles. The van der Waals surface area contributed by atoms with Crippen LogP contribution in [0.4, 0.5) is 0 Å². The number of hydrogen-bond donors (Lipinski definition) is 1. The van der Waals surface area contributed by atoms with Crippen LogP contribution in [0.2, 0.25) is 0 Å². The van der Waals surface area contributed by atoms with Crippen molar-refractivity contribution >= 4 is 5.91 Å². The monoisotopic (exact) mass is 251 g/mol. The standard InChI is InChI=1S/C12H21N5O/c1-8(2)10-13-11(15-14-10)12(18)17-6-5-9(7-17)16(3)4/h8-9H,5-7H2,1-4H3,(H,13,14,15). The van der Waals surface area contributed by atoms with Crippen molar-refractivity contribution in [3.8, 4) is 0 Å². The highest BCUT2D eigenvalue weighted by Gasteiger charge is 2.30. The molecule has 0 saturated carbocycles. The molecule has 18 heavy (non-hydrogen) atoms. The van der Waals surface area contributed by atoms with E-state index in [-0.39, 0.29) is 17.6 Å². The number of carbonyl (C=O) groups excluding carboxylic acids is 1. The second kappa shape index (κ2) is 5.06. The summed E-state index contributed by atoms with van der Waals surface area (Å²) in [5.74, 6) is 1.24. The number of H-pyrrole nitrogens is 1. The lowest BCUT2D eigenvalue weighted by molar-refractivity contribution is 0.0771. The molecule has 1 aromatic rings. The zero-order valence-corrected chi connectivity index (χ0v) is 11.5. The van der Waals surface area contributed by atoms with Crippen molar-refractivity contribution in [2.24, 2.45) is 0 Å². The number of carbonyl (C=O) groups is 1. The third-order valence-electron chi connectivity index (χ3n) is 3.42. The molecular formula is C12H21N5O. The van der Waals surface area contributed by atoms with Crippen LogP contribution in [-0.2, 0) is 0 Å². The van der Waals surface area contributed by atoms with Gasteiger partial charge in [0.1, 0.15) is 5.82 Å². The van der Waals surface area contributed by atoms with E-state index in [1.165, 1.54) is 0 Å². The molecule has 0 bridgehead atoms. The largest absolute Gasteiger partial charge is 0.334 e. The summed E-state index contributed by atoms with van der Waals surface area (Å²) in [5.41, 5.74) is 0. The molecule has 1 aliphatic heterocycles. The first-order chi connectivity index (χ1) is 8.49. The quantitative estimate of drug-likeness (QED) is 0.859. The molecule has 2 rings (SSSR count). The van der Waals surface area contributed by atoms with E-state index in [4.69, 9.17) is 0 Å². The summed E-state index contributed by atoms with van der Waals surface area (Å²) in [6.07, 6.45) is 1.01. The number of amides is 1. The highest BCUT2D eigenvalue weighted by atomic mass is 16.2. The van der Waals surface area contributed by atoms with Crippen molar-refractivity contribution in [3.63, 3.8) is 0 Å². The first-order valence-corrected chi connectivity index (χ1v) is 6.37. The summed E-state index contributed by atoms with van der Waals surface area (Å²) in [6, 6.07) is 0.442. The van der Waals surface area contributed by atoms with Crippen LogP contribution in [-0.4, -0.2) is 64.1 Å². The Bertz CT molecular complexity index is 426. The zero-order valence-electron chi connectivity index (χ0n) is 11.5. The van der Waals surface area contributed by atoms with Gasteiger partial charge in [-0.05, 0) is 20.5 Å². The minimum atomic E-state index is -0.0671. The lowest BCUT2D eigenvalue weighted by Gasteiger charge is -2.19. The van der Waals surface area contributed by atoms with Crippen LogP contribution in [0.1, 0.15) is 42.6 Å². The molecule has 1 fully saturated rings. The van der Waals surface area contributed by atoms with Crippen molar-refractivity contribution < 1.29 is 4.79 Å². The van der Waals surface area contributed by atoms with E-state index in [2.05, 4.69) is 20.1 Å². The Balaban J connectivity index is 2.03. The fraction of sp³-hybridized carbons (Fsp3) is 0.750. The maximum atomic E-state index is 12.2. The Morgan fingerprint density at radius 3 is 2.72 bits per heavy atom. The van der Waals surface area contributed by atoms with E-state index < -0.39 is 0 Å². The van der Waals surface area contributed by atoms with Crippen LogP contribution in [0.15, 0.2) is 0 Å². The molecule has 6 nitrogen and oxygen atoms in total. The Morgan fingerprint density at radius 2 is 2.22 bits per heavy atom. The van der Waals surface area contributed by atoms with Crippen LogP contribution in [0.25, 0.3) is 0 Å². The summed E-state index contributed by atoms with van der Waals surface area (Å²) in [4.78, 5) is 20.5. The average Bonchev–Trinajstić information content (AvgIpc) is 2.97. The molecule has 1 N–H and O–H groups in total. The van der Waals surface area contributed by atoms with E-state index in [1.807, 2.05) is 32.8 Å². The SMILES string of the molecule is CC(C)c1nc(C(=O)N2CCC(N(C)C)C2)n[nH]1. The van der Waals surface area contributed by atoms with Crippen LogP contribution in [0.5, 0.6) is 0 Å². The van der Waals surface area contributed by atoms with E-state index >= 15 is 0 Å². The fourth-order valence-electron chi connectivity index (χ4n) is 2.12. The molecule has 2 heterocycles. The fourth-order valence-corrected chi connectivity index (χ4v) is 2.12. The summed E-state index contributed by atoms with van der Waals surface area (Å²) in [7, 11) is 4.09. The van der Waals surface area contributed by atoms with Crippen LogP contribution >= 0.6 is 0 Å². The predicted octanol–water partition coefficient (Wildman–Crippen LogP) is 0.704. The van der Waals surface area contributed by atoms with Gasteiger partial charge < -0.3 is 9.80 Å². The van der Waals surface area contributed by atoms with Crippen LogP contribution in [0, 0.1) is 0 Å². The molecule has 0 aliphatic carbocycles. The van der Waals surface area contributed by atoms with Gasteiger partial charge in [0, 0.05) is 25.0 Å². The molecule has 6 heteroatoms. The topological polar surface area (TPSA) is 65.1 Å². The molecule has 0 spiro atoms. The highest BCUT2D eigenvalue weighted by molar-refractivity contribution is 5.90. The van der Waals surface area contributed by atoms with Crippen molar-refractivity contribution in [1.82, 2.24) is 25.0 Å². The lowest BCUT2D eigenvalue weighted by Crippen LogP contribution is -2.34. The number of aromatic nitrogens is 3. The van der Waals surface area contributed by atoms with Crippen LogP contribution < -0.4 is 0 Å². The number of aromatic amines is 1. The molecule has 0 aromatic carbocycles. The molecule has 1 atom stereocenters. The van der Waals surface area contributed by atoms with Crippen molar-refractivity contribution in [2.45, 2.75) is 32.2 Å². The first kappa shape index (κ1) is 13.0. The summed E-state index contributed by atoms with van der Waals surface area (Å²) in [6.45, 7) is 5.59. The van der Waals surface area contributed by atoms with E-state index in [9.17, 15) is 4.79 Å². The third kappa shape index (κ3) is 2.53. The Kier molecular flexibility index (Phi) is 3.65. The minimum absolute atomic E-state index is 0.0671. The van der Waals surface area contributed by atoms with Gasteiger partial charge in [-0.2, -0.15) is 0 Å². The van der Waals surface area contributed by atoms with E-state index in [1.54, 1.807) is 0 Å². The van der Waals surface area contributed by atoms with Gasteiger partial charge in [0.2, 0.25) is 5.82 Å². The number of likely N-dealkylation sites (N-methyl/N-ethyl adjacent to an activating group) is 1. The predicted molar refractivity (Wildman–Crippen MR) is 68.5 cm³/mol. The Morgan fingerprint density at radius 1 is 1.50 bits per heavy atom. The van der Waals surface area contributed by atoms with E-state index in [0.29, 0.717) is 6.04 Å². The summed E-state index contributed by atoms with van der Waals surface area (Å²) >= 11 is 0. The molecule has 1 amide bonds. The first-order valence-electron chi connectivity index (χ1n) is 6.37. The highest BCUT2D eigenvalue weighted by Crippen LogP contribution is 2.16. The Hall–Kier alpha value is -1.43. The molecule has 1 aliphatic rings. The normalized spacial score (nSPS) is 20.1. The van der Waals surface area contributed by atoms with Gasteiger partial charge in [-0.1, -0.05) is 13.8 Å². The van der Waals surface area contributed by atoms with Gasteiger partial charge >= 0.3 is 0 Å². The Labute approximate surface area is 107 Å². The van der Waals surface area contributed by atoms with Gasteiger partial charge in [-0.15, -0.1) is 5.10 Å². The molecule has 1 unspecified atom stereocenters. The van der Waals surface area contributed by atoms with Gasteiger partial charge in [0.05, 0.1) is 0 Å². The number of nitrogens with zero attached hydrogens (tertiary/aromatic N) is 4. The lowest BCUT2D eigenvalue weighted by atomic mass is 10.2. The number of nitrogens with one attached hydrogen (secondary N) is 1. The zero-order chi connectivity index (χ0) is 13.3. The van der Waals surface area contributed by atoms with Gasteiger partial charge in [0.25, 0.3) is 5.91 Å². The molecule has 100 valence electrons. The summed E-state index contributed by atoms with van der Waals surface area (Å²) in [5, 5.41) is 6.84. The van der Waals surface area contributed by atoms with Crippen molar-refractivity contribution in [3.05, 3.63) is 11.6 Å². The number of likely N-dealkylation sites (tertiary alicyclic amines) is 1. The van der Waals surface area contributed by atoms with Gasteiger partial charge in [-0.3, -0.25) is 9.89 Å². The van der Waals surface area contributed by atoms with Crippen LogP contribution in [0.3, 0.4) is 0 Å². The minimum Gasteiger partial charge on any atom is -0.334 e. The second-order valence-electron chi connectivity index (χ2n) is 5.36. The maximum Gasteiger partial charge on any atom is 0.293 e. The molecule has 1 saturated heterocycles. The van der Waals surface area contributed by atoms with Gasteiger partial charge in [0.15, 0.2) is 0 Å². The number of rotatable bonds is 3. The second-order valence-corrected chi connectivity index (χ2v) is 5.36. The third-order valence-corrected chi connectivity index (χ3v) is 3.42. The van der Waals surface area contributed by atoms with E-state index in [0.717, 1.165) is 25.3 Å². The number of hydrogen-bond acceptors (Lipinski definition) is 4. The smallest absolute Gasteiger partial charge is 0.293 e. The van der Waals surface area contributed by atoms with Crippen molar-refractivity contribution in [2.75, 3.05) is 27.2 Å².